The van der Waals surface area contributed by atoms with Crippen LogP contribution in [-0.2, 0) is 16.0 Å². The summed E-state index contributed by atoms with van der Waals surface area (Å²) in [5, 5.41) is 6.62. The smallest absolute Gasteiger partial charge is 0.191 e. The van der Waals surface area contributed by atoms with E-state index in [1.165, 1.54) is 5.56 Å². The Balaban J connectivity index is 1.62. The lowest BCUT2D eigenvalue weighted by molar-refractivity contribution is 0.0168. The van der Waals surface area contributed by atoms with Crippen LogP contribution in [0.5, 0.6) is 0 Å². The van der Waals surface area contributed by atoms with E-state index in [1.807, 2.05) is 12.1 Å². The Morgan fingerprint density at radius 2 is 2.17 bits per heavy atom. The predicted octanol–water partition coefficient (Wildman–Crippen LogP) is 3.09. The molecule has 1 heterocycles. The Hall–Kier alpha value is -1.11. The zero-order valence-corrected chi connectivity index (χ0v) is 16.0. The molecule has 24 heavy (non-hydrogen) atoms. The number of rotatable bonds is 9. The topological polar surface area (TPSA) is 54.9 Å². The van der Waals surface area contributed by atoms with Crippen LogP contribution in [0, 0.1) is 0 Å². The van der Waals surface area contributed by atoms with Crippen molar-refractivity contribution in [2.75, 3.05) is 32.9 Å². The van der Waals surface area contributed by atoms with E-state index in [2.05, 4.69) is 50.6 Å². The lowest BCUT2D eigenvalue weighted by atomic mass is 10.2. The first kappa shape index (κ1) is 19.2. The van der Waals surface area contributed by atoms with Gasteiger partial charge in [0.05, 0.1) is 19.3 Å². The molecule has 1 aromatic carbocycles. The highest BCUT2D eigenvalue weighted by Gasteiger charge is 2.14. The molecule has 5 nitrogen and oxygen atoms in total. The van der Waals surface area contributed by atoms with E-state index in [0.717, 1.165) is 62.6 Å². The van der Waals surface area contributed by atoms with Gasteiger partial charge in [-0.1, -0.05) is 28.1 Å². The van der Waals surface area contributed by atoms with E-state index in [4.69, 9.17) is 9.47 Å². The SMILES string of the molecule is CCNC(=NCc1ccc(Br)cc1)NCCCOCC1CCCO1. The molecule has 0 aromatic heterocycles. The molecule has 2 N–H and O–H groups in total. The highest BCUT2D eigenvalue weighted by molar-refractivity contribution is 9.10. The van der Waals surface area contributed by atoms with Crippen molar-refractivity contribution >= 4 is 21.9 Å². The molecule has 1 aromatic rings. The van der Waals surface area contributed by atoms with Crippen molar-refractivity contribution in [3.05, 3.63) is 34.3 Å². The van der Waals surface area contributed by atoms with Gasteiger partial charge < -0.3 is 20.1 Å². The van der Waals surface area contributed by atoms with Gasteiger partial charge in [-0.15, -0.1) is 0 Å². The molecular formula is C18H28BrN3O2. The molecule has 1 fully saturated rings. The Labute approximate surface area is 153 Å². The molecule has 0 spiro atoms. The number of hydrogen-bond donors (Lipinski definition) is 2. The van der Waals surface area contributed by atoms with Gasteiger partial charge >= 0.3 is 0 Å². The summed E-state index contributed by atoms with van der Waals surface area (Å²) in [7, 11) is 0. The van der Waals surface area contributed by atoms with Gasteiger partial charge in [0.2, 0.25) is 0 Å². The minimum absolute atomic E-state index is 0.308. The summed E-state index contributed by atoms with van der Waals surface area (Å²) in [5.74, 6) is 0.847. The maximum atomic E-state index is 5.67. The summed E-state index contributed by atoms with van der Waals surface area (Å²) in [6.45, 7) is 6.78. The van der Waals surface area contributed by atoms with Gasteiger partial charge in [0.15, 0.2) is 5.96 Å². The Kier molecular flexibility index (Phi) is 9.16. The first-order chi connectivity index (χ1) is 11.8. The van der Waals surface area contributed by atoms with E-state index in [0.29, 0.717) is 12.6 Å². The number of ether oxygens (including phenoxy) is 2. The third-order valence-electron chi connectivity index (χ3n) is 3.76. The van der Waals surface area contributed by atoms with Crippen LogP contribution in [0.25, 0.3) is 0 Å². The monoisotopic (exact) mass is 397 g/mol. The van der Waals surface area contributed by atoms with Crippen molar-refractivity contribution in [1.82, 2.24) is 10.6 Å². The number of benzene rings is 1. The number of aliphatic imine (C=N–C) groups is 1. The van der Waals surface area contributed by atoms with Gasteiger partial charge in [-0.3, -0.25) is 0 Å². The molecule has 0 aliphatic carbocycles. The summed E-state index contributed by atoms with van der Waals surface area (Å²) in [6, 6.07) is 8.24. The van der Waals surface area contributed by atoms with E-state index in [9.17, 15) is 0 Å². The van der Waals surface area contributed by atoms with Crippen LogP contribution in [0.4, 0.5) is 0 Å². The Morgan fingerprint density at radius 3 is 2.88 bits per heavy atom. The molecule has 0 saturated carbocycles. The first-order valence-electron chi connectivity index (χ1n) is 8.74. The molecule has 0 amide bonds. The summed E-state index contributed by atoms with van der Waals surface area (Å²) in [6.07, 6.45) is 3.56. The van der Waals surface area contributed by atoms with Gasteiger partial charge in [-0.05, 0) is 43.9 Å². The van der Waals surface area contributed by atoms with Gasteiger partial charge in [0, 0.05) is 30.8 Å². The highest BCUT2D eigenvalue weighted by Crippen LogP contribution is 2.12. The largest absolute Gasteiger partial charge is 0.379 e. The third-order valence-corrected chi connectivity index (χ3v) is 4.29. The minimum Gasteiger partial charge on any atom is -0.379 e. The van der Waals surface area contributed by atoms with Crippen LogP contribution in [0.3, 0.4) is 0 Å². The van der Waals surface area contributed by atoms with Crippen molar-refractivity contribution in [2.45, 2.75) is 38.8 Å². The van der Waals surface area contributed by atoms with Crippen LogP contribution in [0.15, 0.2) is 33.7 Å². The maximum absolute atomic E-state index is 5.67. The van der Waals surface area contributed by atoms with Gasteiger partial charge in [0.25, 0.3) is 0 Å². The zero-order chi connectivity index (χ0) is 17.0. The fourth-order valence-corrected chi connectivity index (χ4v) is 2.74. The summed E-state index contributed by atoms with van der Waals surface area (Å²) in [5.41, 5.74) is 1.19. The molecule has 1 aliphatic rings. The molecule has 1 aliphatic heterocycles. The van der Waals surface area contributed by atoms with Crippen molar-refractivity contribution in [3.8, 4) is 0 Å². The molecule has 0 bridgehead atoms. The van der Waals surface area contributed by atoms with E-state index in [1.54, 1.807) is 0 Å². The molecule has 6 heteroatoms. The molecule has 2 rings (SSSR count). The summed E-state index contributed by atoms with van der Waals surface area (Å²) < 4.78 is 12.3. The Morgan fingerprint density at radius 1 is 1.33 bits per heavy atom. The van der Waals surface area contributed by atoms with E-state index >= 15 is 0 Å². The number of hydrogen-bond acceptors (Lipinski definition) is 3. The minimum atomic E-state index is 0.308. The first-order valence-corrected chi connectivity index (χ1v) is 9.53. The van der Waals surface area contributed by atoms with Crippen LogP contribution in [0.1, 0.15) is 31.7 Å². The second-order valence-corrected chi connectivity index (χ2v) is 6.73. The molecular weight excluding hydrogens is 370 g/mol. The second-order valence-electron chi connectivity index (χ2n) is 5.81. The van der Waals surface area contributed by atoms with Gasteiger partial charge in [0.1, 0.15) is 0 Å². The number of nitrogens with one attached hydrogen (secondary N) is 2. The zero-order valence-electron chi connectivity index (χ0n) is 14.4. The van der Waals surface area contributed by atoms with Crippen molar-refractivity contribution in [3.63, 3.8) is 0 Å². The van der Waals surface area contributed by atoms with Crippen LogP contribution in [0.2, 0.25) is 0 Å². The standard InChI is InChI=1S/C18H28BrN3O2/c1-2-20-18(22-13-15-6-8-16(19)9-7-15)21-10-4-11-23-14-17-5-3-12-24-17/h6-9,17H,2-5,10-14H2,1H3,(H2,20,21,22). The lowest BCUT2D eigenvalue weighted by Gasteiger charge is -2.12. The average Bonchev–Trinajstić information content (AvgIpc) is 3.10. The van der Waals surface area contributed by atoms with Crippen LogP contribution >= 0.6 is 15.9 Å². The fourth-order valence-electron chi connectivity index (χ4n) is 2.47. The van der Waals surface area contributed by atoms with Crippen LogP contribution in [-0.4, -0.2) is 45.0 Å². The summed E-state index contributed by atoms with van der Waals surface area (Å²) >= 11 is 3.45. The number of halogens is 1. The van der Waals surface area contributed by atoms with Gasteiger partial charge in [-0.2, -0.15) is 0 Å². The van der Waals surface area contributed by atoms with Crippen LogP contribution < -0.4 is 10.6 Å². The average molecular weight is 398 g/mol. The second kappa shape index (κ2) is 11.4. The predicted molar refractivity (Wildman–Crippen MR) is 101 cm³/mol. The highest BCUT2D eigenvalue weighted by atomic mass is 79.9. The van der Waals surface area contributed by atoms with Crippen molar-refractivity contribution in [2.24, 2.45) is 4.99 Å². The third kappa shape index (κ3) is 7.64. The molecule has 0 radical (unpaired) electrons. The van der Waals surface area contributed by atoms with Gasteiger partial charge in [-0.25, -0.2) is 4.99 Å². The molecule has 134 valence electrons. The quantitative estimate of drug-likeness (QED) is 0.381. The van der Waals surface area contributed by atoms with Crippen molar-refractivity contribution < 1.29 is 9.47 Å². The summed E-state index contributed by atoms with van der Waals surface area (Å²) in [4.78, 5) is 4.61. The van der Waals surface area contributed by atoms with Crippen molar-refractivity contribution in [1.29, 1.82) is 0 Å². The normalized spacial score (nSPS) is 17.9. The molecule has 1 unspecified atom stereocenters. The molecule has 1 saturated heterocycles. The lowest BCUT2D eigenvalue weighted by Crippen LogP contribution is -2.38. The van der Waals surface area contributed by atoms with E-state index in [-0.39, 0.29) is 0 Å². The molecule has 1 atom stereocenters. The fraction of sp³-hybridized carbons (Fsp3) is 0.611. The number of guanidine groups is 1. The Bertz CT molecular complexity index is 488. The maximum Gasteiger partial charge on any atom is 0.191 e. The van der Waals surface area contributed by atoms with E-state index < -0.39 is 0 Å². The number of nitrogens with zero attached hydrogens (tertiary/aromatic N) is 1.